The van der Waals surface area contributed by atoms with Crippen molar-refractivity contribution < 1.29 is 4.39 Å². The fourth-order valence-corrected chi connectivity index (χ4v) is 4.42. The Morgan fingerprint density at radius 3 is 2.82 bits per heavy atom. The van der Waals surface area contributed by atoms with E-state index >= 15 is 0 Å². The van der Waals surface area contributed by atoms with Gasteiger partial charge in [-0.15, -0.1) is 21.5 Å². The van der Waals surface area contributed by atoms with Gasteiger partial charge in [-0.2, -0.15) is 9.61 Å². The summed E-state index contributed by atoms with van der Waals surface area (Å²) in [6, 6.07) is 11.6. The molecule has 0 atom stereocenters. The SMILES string of the molecule is Cn1c(Sc2ccc3nnc(-c4ccccc4F)n3n2)nc2sccc2c1=O. The molecule has 138 valence electrons. The Hall–Kier alpha value is -3.11. The van der Waals surface area contributed by atoms with Gasteiger partial charge in [0.1, 0.15) is 15.7 Å². The second-order valence-electron chi connectivity index (χ2n) is 5.95. The van der Waals surface area contributed by atoms with E-state index in [1.165, 1.54) is 38.2 Å². The molecule has 28 heavy (non-hydrogen) atoms. The summed E-state index contributed by atoms with van der Waals surface area (Å²) in [5, 5.41) is 16.2. The van der Waals surface area contributed by atoms with E-state index in [4.69, 9.17) is 0 Å². The van der Waals surface area contributed by atoms with Crippen LogP contribution in [0, 0.1) is 5.82 Å². The number of halogens is 1. The molecule has 0 aliphatic heterocycles. The van der Waals surface area contributed by atoms with Gasteiger partial charge in [-0.3, -0.25) is 9.36 Å². The maximum atomic E-state index is 14.2. The van der Waals surface area contributed by atoms with Gasteiger partial charge in [0.2, 0.25) is 0 Å². The molecule has 0 unspecified atom stereocenters. The summed E-state index contributed by atoms with van der Waals surface area (Å²) < 4.78 is 17.2. The molecule has 4 heterocycles. The summed E-state index contributed by atoms with van der Waals surface area (Å²) in [6.07, 6.45) is 0. The molecule has 10 heteroatoms. The Morgan fingerprint density at radius 2 is 1.96 bits per heavy atom. The number of fused-ring (bicyclic) bond motifs is 2. The van der Waals surface area contributed by atoms with Crippen molar-refractivity contribution in [2.75, 3.05) is 0 Å². The van der Waals surface area contributed by atoms with E-state index in [1.54, 1.807) is 43.4 Å². The molecule has 1 aromatic carbocycles. The van der Waals surface area contributed by atoms with Gasteiger partial charge in [-0.25, -0.2) is 9.37 Å². The highest BCUT2D eigenvalue weighted by atomic mass is 32.2. The average Bonchev–Trinajstić information content (AvgIpc) is 3.33. The van der Waals surface area contributed by atoms with Crippen LogP contribution in [-0.2, 0) is 7.05 Å². The van der Waals surface area contributed by atoms with Crippen molar-refractivity contribution in [1.82, 2.24) is 29.4 Å². The molecule has 0 radical (unpaired) electrons. The fourth-order valence-electron chi connectivity index (χ4n) is 2.80. The molecule has 0 aliphatic rings. The molecule has 0 fully saturated rings. The third-order valence-electron chi connectivity index (χ3n) is 4.21. The Bertz CT molecular complexity index is 1410. The summed E-state index contributed by atoms with van der Waals surface area (Å²) in [4.78, 5) is 17.7. The smallest absolute Gasteiger partial charge is 0.262 e. The van der Waals surface area contributed by atoms with Crippen LogP contribution in [0.1, 0.15) is 0 Å². The topological polar surface area (TPSA) is 78.0 Å². The molecule has 0 spiro atoms. The number of benzene rings is 1. The van der Waals surface area contributed by atoms with Crippen molar-refractivity contribution in [2.24, 2.45) is 7.05 Å². The predicted octanol–water partition coefficient (Wildman–Crippen LogP) is 3.39. The molecule has 5 rings (SSSR count). The second-order valence-corrected chi connectivity index (χ2v) is 7.83. The summed E-state index contributed by atoms with van der Waals surface area (Å²) in [7, 11) is 1.68. The molecule has 0 N–H and O–H groups in total. The van der Waals surface area contributed by atoms with Crippen LogP contribution in [0.2, 0.25) is 0 Å². The lowest BCUT2D eigenvalue weighted by atomic mass is 10.2. The Labute approximate surface area is 165 Å². The van der Waals surface area contributed by atoms with Crippen LogP contribution in [0.3, 0.4) is 0 Å². The summed E-state index contributed by atoms with van der Waals surface area (Å²) in [6.45, 7) is 0. The first kappa shape index (κ1) is 17.0. The van der Waals surface area contributed by atoms with E-state index in [0.29, 0.717) is 37.4 Å². The van der Waals surface area contributed by atoms with Crippen molar-refractivity contribution in [3.8, 4) is 11.4 Å². The number of hydrogen-bond donors (Lipinski definition) is 0. The summed E-state index contributed by atoms with van der Waals surface area (Å²) in [5.74, 6) is -0.0880. The van der Waals surface area contributed by atoms with Crippen molar-refractivity contribution in [3.05, 3.63) is 64.0 Å². The zero-order chi connectivity index (χ0) is 19.3. The number of aromatic nitrogens is 6. The minimum Gasteiger partial charge on any atom is -0.290 e. The molecule has 7 nitrogen and oxygen atoms in total. The lowest BCUT2D eigenvalue weighted by molar-refractivity contribution is 0.629. The third kappa shape index (κ3) is 2.69. The third-order valence-corrected chi connectivity index (χ3v) is 5.99. The van der Waals surface area contributed by atoms with Crippen LogP contribution < -0.4 is 5.56 Å². The normalized spacial score (nSPS) is 11.5. The molecule has 0 aliphatic carbocycles. The van der Waals surface area contributed by atoms with Gasteiger partial charge >= 0.3 is 0 Å². The van der Waals surface area contributed by atoms with Gasteiger partial charge in [0.25, 0.3) is 5.56 Å². The highest BCUT2D eigenvalue weighted by Crippen LogP contribution is 2.27. The molecule has 0 amide bonds. The number of rotatable bonds is 3. The van der Waals surface area contributed by atoms with E-state index in [1.807, 2.05) is 5.38 Å². The average molecular weight is 410 g/mol. The molecule has 0 saturated carbocycles. The highest BCUT2D eigenvalue weighted by Gasteiger charge is 2.15. The summed E-state index contributed by atoms with van der Waals surface area (Å²) in [5.41, 5.74) is 0.708. The monoisotopic (exact) mass is 410 g/mol. The standard InChI is InChI=1S/C18H11FN6OS2/c1-24-17(26)11-8-9-27-16(11)20-18(24)28-14-7-6-13-21-22-15(25(13)23-14)10-4-2-3-5-12(10)19/h2-9H,1H3. The summed E-state index contributed by atoms with van der Waals surface area (Å²) >= 11 is 2.67. The van der Waals surface area contributed by atoms with Gasteiger partial charge in [0, 0.05) is 7.05 Å². The first-order chi connectivity index (χ1) is 13.6. The zero-order valence-electron chi connectivity index (χ0n) is 14.4. The lowest BCUT2D eigenvalue weighted by Crippen LogP contribution is -2.19. The molecular weight excluding hydrogens is 399 g/mol. The van der Waals surface area contributed by atoms with Gasteiger partial charge in [-0.1, -0.05) is 12.1 Å². The maximum Gasteiger partial charge on any atom is 0.262 e. The van der Waals surface area contributed by atoms with Crippen molar-refractivity contribution in [2.45, 2.75) is 10.2 Å². The molecule has 5 aromatic rings. The van der Waals surface area contributed by atoms with Crippen molar-refractivity contribution in [1.29, 1.82) is 0 Å². The first-order valence-electron chi connectivity index (χ1n) is 8.21. The van der Waals surface area contributed by atoms with Gasteiger partial charge < -0.3 is 0 Å². The Morgan fingerprint density at radius 1 is 1.11 bits per heavy atom. The number of thiophene rings is 1. The quantitative estimate of drug-likeness (QED) is 0.424. The second kappa shape index (κ2) is 6.50. The van der Waals surface area contributed by atoms with Crippen molar-refractivity contribution in [3.63, 3.8) is 0 Å². The number of hydrogen-bond acceptors (Lipinski definition) is 7. The lowest BCUT2D eigenvalue weighted by Gasteiger charge is -2.07. The minimum absolute atomic E-state index is 0.105. The molecule has 0 bridgehead atoms. The largest absolute Gasteiger partial charge is 0.290 e. The maximum absolute atomic E-state index is 14.2. The van der Waals surface area contributed by atoms with Gasteiger partial charge in [0.05, 0.1) is 10.9 Å². The van der Waals surface area contributed by atoms with E-state index < -0.39 is 5.82 Å². The number of nitrogens with zero attached hydrogens (tertiary/aromatic N) is 6. The zero-order valence-corrected chi connectivity index (χ0v) is 16.0. The first-order valence-corrected chi connectivity index (χ1v) is 9.91. The van der Waals surface area contributed by atoms with Crippen LogP contribution in [0.15, 0.2) is 62.8 Å². The highest BCUT2D eigenvalue weighted by molar-refractivity contribution is 7.99. The molecule has 0 saturated heterocycles. The Kier molecular flexibility index (Phi) is 3.95. The van der Waals surface area contributed by atoms with Gasteiger partial charge in [-0.05, 0) is 47.5 Å². The van der Waals surface area contributed by atoms with E-state index in [9.17, 15) is 9.18 Å². The van der Waals surface area contributed by atoms with Crippen molar-refractivity contribution >= 4 is 39.0 Å². The van der Waals surface area contributed by atoms with E-state index in [2.05, 4.69) is 20.3 Å². The molecule has 4 aromatic heterocycles. The Balaban J connectivity index is 1.61. The van der Waals surface area contributed by atoms with Crippen LogP contribution >= 0.6 is 23.1 Å². The minimum atomic E-state index is -0.399. The van der Waals surface area contributed by atoms with Crippen LogP contribution in [-0.4, -0.2) is 29.4 Å². The van der Waals surface area contributed by atoms with Gasteiger partial charge in [0.15, 0.2) is 16.6 Å². The predicted molar refractivity (Wildman–Crippen MR) is 105 cm³/mol. The van der Waals surface area contributed by atoms with Crippen LogP contribution in [0.5, 0.6) is 0 Å². The fraction of sp³-hybridized carbons (Fsp3) is 0.0556. The van der Waals surface area contributed by atoms with Crippen LogP contribution in [0.25, 0.3) is 27.3 Å². The molecular formula is C18H11FN6OS2. The van der Waals surface area contributed by atoms with E-state index in [0.717, 1.165) is 0 Å². The van der Waals surface area contributed by atoms with Crippen LogP contribution in [0.4, 0.5) is 4.39 Å². The van der Waals surface area contributed by atoms with E-state index in [-0.39, 0.29) is 5.56 Å².